The van der Waals surface area contributed by atoms with Gasteiger partial charge in [-0.2, -0.15) is 0 Å². The van der Waals surface area contributed by atoms with Crippen LogP contribution < -0.4 is 10.5 Å². The molecular weight excluding hydrogens is 280 g/mol. The van der Waals surface area contributed by atoms with Gasteiger partial charge in [0.15, 0.2) is 21.4 Å². The molecule has 2 aromatic rings. The second-order valence-electron chi connectivity index (χ2n) is 4.51. The SMILES string of the molecule is COc1ccc(-c2c(N)noc2C(C)S(C)(=O)=O)cc1. The lowest BCUT2D eigenvalue weighted by molar-refractivity contribution is 0.385. The van der Waals surface area contributed by atoms with Gasteiger partial charge in [0.2, 0.25) is 0 Å². The highest BCUT2D eigenvalue weighted by atomic mass is 32.2. The van der Waals surface area contributed by atoms with Gasteiger partial charge in [0.1, 0.15) is 11.0 Å². The highest BCUT2D eigenvalue weighted by Gasteiger charge is 2.27. The summed E-state index contributed by atoms with van der Waals surface area (Å²) in [7, 11) is -1.73. The number of nitrogen functional groups attached to an aromatic ring is 1. The quantitative estimate of drug-likeness (QED) is 0.927. The van der Waals surface area contributed by atoms with Gasteiger partial charge in [-0.1, -0.05) is 17.3 Å². The van der Waals surface area contributed by atoms with Crippen LogP contribution in [0, 0.1) is 0 Å². The summed E-state index contributed by atoms with van der Waals surface area (Å²) >= 11 is 0. The Balaban J connectivity index is 2.53. The van der Waals surface area contributed by atoms with Gasteiger partial charge < -0.3 is 15.0 Å². The number of rotatable bonds is 4. The molecule has 1 atom stereocenters. The Hall–Kier alpha value is -2.02. The van der Waals surface area contributed by atoms with Gasteiger partial charge in [0, 0.05) is 6.26 Å². The fraction of sp³-hybridized carbons (Fsp3) is 0.308. The Labute approximate surface area is 117 Å². The zero-order valence-corrected chi connectivity index (χ0v) is 12.3. The zero-order valence-electron chi connectivity index (χ0n) is 11.5. The predicted octanol–water partition coefficient (Wildman–Crippen LogP) is 2.04. The molecule has 0 aliphatic carbocycles. The van der Waals surface area contributed by atoms with Gasteiger partial charge in [-0.25, -0.2) is 8.42 Å². The number of aromatic nitrogens is 1. The van der Waals surface area contributed by atoms with Gasteiger partial charge >= 0.3 is 0 Å². The number of ether oxygens (including phenoxy) is 1. The van der Waals surface area contributed by atoms with Crippen molar-refractivity contribution in [3.63, 3.8) is 0 Å². The first-order valence-corrected chi connectivity index (χ1v) is 7.88. The summed E-state index contributed by atoms with van der Waals surface area (Å²) in [5.74, 6) is 1.11. The summed E-state index contributed by atoms with van der Waals surface area (Å²) in [5.41, 5.74) is 7.03. The topological polar surface area (TPSA) is 95.4 Å². The van der Waals surface area contributed by atoms with Crippen molar-refractivity contribution in [3.05, 3.63) is 30.0 Å². The van der Waals surface area contributed by atoms with E-state index in [9.17, 15) is 8.42 Å². The first kappa shape index (κ1) is 14.4. The van der Waals surface area contributed by atoms with Gasteiger partial charge in [-0.3, -0.25) is 0 Å². The van der Waals surface area contributed by atoms with Crippen molar-refractivity contribution in [1.29, 1.82) is 0 Å². The molecule has 6 nitrogen and oxygen atoms in total. The van der Waals surface area contributed by atoms with Crippen LogP contribution in [-0.4, -0.2) is 26.9 Å². The third kappa shape index (κ3) is 2.62. The molecule has 0 saturated carbocycles. The van der Waals surface area contributed by atoms with Crippen LogP contribution in [0.5, 0.6) is 5.75 Å². The third-order valence-electron chi connectivity index (χ3n) is 3.14. The van der Waals surface area contributed by atoms with Crippen molar-refractivity contribution in [3.8, 4) is 16.9 Å². The van der Waals surface area contributed by atoms with Crippen LogP contribution in [0.3, 0.4) is 0 Å². The molecule has 7 heteroatoms. The van der Waals surface area contributed by atoms with E-state index in [0.29, 0.717) is 11.3 Å². The van der Waals surface area contributed by atoms with Crippen LogP contribution in [0.25, 0.3) is 11.1 Å². The normalized spacial score (nSPS) is 13.2. The maximum absolute atomic E-state index is 11.7. The molecule has 1 aromatic carbocycles. The number of hydrogen-bond donors (Lipinski definition) is 1. The monoisotopic (exact) mass is 296 g/mol. The van der Waals surface area contributed by atoms with Crippen molar-refractivity contribution >= 4 is 15.7 Å². The molecule has 2 rings (SSSR count). The summed E-state index contributed by atoms with van der Waals surface area (Å²) in [4.78, 5) is 0. The highest BCUT2D eigenvalue weighted by molar-refractivity contribution is 7.90. The fourth-order valence-corrected chi connectivity index (χ4v) is 2.39. The number of nitrogens with two attached hydrogens (primary N) is 1. The van der Waals surface area contributed by atoms with E-state index in [1.807, 2.05) is 0 Å². The summed E-state index contributed by atoms with van der Waals surface area (Å²) in [6, 6.07) is 7.08. The van der Waals surface area contributed by atoms with Gasteiger partial charge in [-0.05, 0) is 24.6 Å². The molecule has 0 radical (unpaired) electrons. The number of sulfone groups is 1. The third-order valence-corrected chi connectivity index (χ3v) is 4.63. The zero-order chi connectivity index (χ0) is 14.9. The van der Waals surface area contributed by atoms with E-state index in [1.165, 1.54) is 0 Å². The van der Waals surface area contributed by atoms with Crippen molar-refractivity contribution in [1.82, 2.24) is 5.16 Å². The maximum Gasteiger partial charge on any atom is 0.175 e. The Morgan fingerprint density at radius 3 is 2.40 bits per heavy atom. The lowest BCUT2D eigenvalue weighted by Gasteiger charge is -2.09. The first-order chi connectivity index (χ1) is 9.34. The summed E-state index contributed by atoms with van der Waals surface area (Å²) in [6.45, 7) is 1.54. The van der Waals surface area contributed by atoms with Gasteiger partial charge in [0.25, 0.3) is 0 Å². The number of methoxy groups -OCH3 is 1. The Morgan fingerprint density at radius 1 is 1.30 bits per heavy atom. The smallest absolute Gasteiger partial charge is 0.175 e. The minimum absolute atomic E-state index is 0.167. The largest absolute Gasteiger partial charge is 0.497 e. The molecule has 0 saturated heterocycles. The van der Waals surface area contributed by atoms with Crippen LogP contribution in [-0.2, 0) is 9.84 Å². The van der Waals surface area contributed by atoms with Gasteiger partial charge in [0.05, 0.1) is 12.7 Å². The average molecular weight is 296 g/mol. The number of anilines is 1. The lowest BCUT2D eigenvalue weighted by Crippen LogP contribution is -2.08. The molecule has 0 aliphatic heterocycles. The van der Waals surface area contributed by atoms with Crippen LogP contribution in [0.1, 0.15) is 17.9 Å². The molecule has 20 heavy (non-hydrogen) atoms. The maximum atomic E-state index is 11.7. The van der Waals surface area contributed by atoms with Crippen molar-refractivity contribution < 1.29 is 17.7 Å². The lowest BCUT2D eigenvalue weighted by atomic mass is 10.0. The van der Waals surface area contributed by atoms with Crippen molar-refractivity contribution in [2.45, 2.75) is 12.2 Å². The molecule has 0 aliphatic rings. The molecule has 0 bridgehead atoms. The molecule has 0 fully saturated rings. The van der Waals surface area contributed by atoms with E-state index in [4.69, 9.17) is 15.0 Å². The highest BCUT2D eigenvalue weighted by Crippen LogP contribution is 2.36. The Kier molecular flexibility index (Phi) is 3.71. The first-order valence-electron chi connectivity index (χ1n) is 5.93. The Morgan fingerprint density at radius 2 is 1.90 bits per heavy atom. The standard InChI is InChI=1S/C13H16N2O4S/c1-8(20(3,16)17)12-11(13(14)15-19-12)9-4-6-10(18-2)7-5-9/h4-8H,1-3H3,(H2,14,15). The molecule has 0 spiro atoms. The van der Waals surface area contributed by atoms with E-state index in [0.717, 1.165) is 11.8 Å². The van der Waals surface area contributed by atoms with E-state index in [1.54, 1.807) is 38.3 Å². The summed E-state index contributed by atoms with van der Waals surface area (Å²) in [5, 5.41) is 2.86. The minimum atomic E-state index is -3.30. The van der Waals surface area contributed by atoms with E-state index in [2.05, 4.69) is 5.16 Å². The summed E-state index contributed by atoms with van der Waals surface area (Å²) in [6.07, 6.45) is 1.15. The molecule has 0 amide bonds. The molecule has 1 heterocycles. The predicted molar refractivity (Wildman–Crippen MR) is 76.2 cm³/mol. The number of benzene rings is 1. The second kappa shape index (κ2) is 5.16. The average Bonchev–Trinajstić information content (AvgIpc) is 2.78. The Bertz CT molecular complexity index is 704. The molecule has 2 N–H and O–H groups in total. The van der Waals surface area contributed by atoms with Crippen LogP contribution >= 0.6 is 0 Å². The summed E-state index contributed by atoms with van der Waals surface area (Å²) < 4.78 is 33.5. The fourth-order valence-electron chi connectivity index (χ4n) is 1.84. The van der Waals surface area contributed by atoms with E-state index >= 15 is 0 Å². The molecule has 1 unspecified atom stereocenters. The van der Waals surface area contributed by atoms with E-state index in [-0.39, 0.29) is 11.6 Å². The van der Waals surface area contributed by atoms with Crippen LogP contribution in [0.2, 0.25) is 0 Å². The molecular formula is C13H16N2O4S. The van der Waals surface area contributed by atoms with Gasteiger partial charge in [-0.15, -0.1) is 0 Å². The van der Waals surface area contributed by atoms with Crippen molar-refractivity contribution in [2.24, 2.45) is 0 Å². The van der Waals surface area contributed by atoms with Crippen LogP contribution in [0.4, 0.5) is 5.82 Å². The molecule has 108 valence electrons. The molecule has 1 aromatic heterocycles. The second-order valence-corrected chi connectivity index (χ2v) is 6.87. The number of nitrogens with zero attached hydrogens (tertiary/aromatic N) is 1. The van der Waals surface area contributed by atoms with Crippen LogP contribution in [0.15, 0.2) is 28.8 Å². The van der Waals surface area contributed by atoms with Crippen molar-refractivity contribution in [2.75, 3.05) is 19.1 Å². The number of hydrogen-bond acceptors (Lipinski definition) is 6. The minimum Gasteiger partial charge on any atom is -0.497 e. The van der Waals surface area contributed by atoms with E-state index < -0.39 is 15.1 Å².